The molecule has 0 aliphatic heterocycles. The van der Waals surface area contributed by atoms with E-state index in [4.69, 9.17) is 32.7 Å². The van der Waals surface area contributed by atoms with E-state index in [1.807, 2.05) is 54.6 Å². The molecule has 0 spiro atoms. The van der Waals surface area contributed by atoms with Crippen LogP contribution in [0.1, 0.15) is 23.1 Å². The maximum atomic E-state index is 6.03. The van der Waals surface area contributed by atoms with E-state index in [9.17, 15) is 0 Å². The van der Waals surface area contributed by atoms with Crippen LogP contribution in [0.4, 0.5) is 0 Å². The van der Waals surface area contributed by atoms with Crippen LogP contribution in [0.15, 0.2) is 109 Å². The number of hydrogen-bond donors (Lipinski definition) is 0. The van der Waals surface area contributed by atoms with Crippen molar-refractivity contribution in [2.24, 2.45) is 0 Å². The first-order valence-corrected chi connectivity index (χ1v) is 12.6. The Morgan fingerprint density at radius 3 is 1.91 bits per heavy atom. The molecule has 4 heteroatoms. The van der Waals surface area contributed by atoms with Crippen molar-refractivity contribution in [2.75, 3.05) is 19.1 Å². The van der Waals surface area contributed by atoms with Gasteiger partial charge in [-0.25, -0.2) is 0 Å². The standard InChI is InChI=1S/C31H28Cl2O2/c32-20-4-7-31(27-10-8-25(9-11-27)26-12-16-29(33)17-13-26)28-14-18-30(19-15-28)35-22-21-34-23-24-5-2-1-3-6-24/h1-3,5-19H,4,20-23H2/b31-7+. The summed E-state index contributed by atoms with van der Waals surface area (Å²) >= 11 is 12.0. The van der Waals surface area contributed by atoms with Gasteiger partial charge in [-0.15, -0.1) is 11.6 Å². The zero-order chi connectivity index (χ0) is 24.3. The van der Waals surface area contributed by atoms with Gasteiger partial charge in [0.1, 0.15) is 12.4 Å². The number of halogens is 2. The van der Waals surface area contributed by atoms with Gasteiger partial charge in [0, 0.05) is 10.9 Å². The highest BCUT2D eigenvalue weighted by molar-refractivity contribution is 6.30. The maximum Gasteiger partial charge on any atom is 0.119 e. The van der Waals surface area contributed by atoms with Crippen LogP contribution in [0.2, 0.25) is 5.02 Å². The van der Waals surface area contributed by atoms with Gasteiger partial charge in [0.25, 0.3) is 0 Å². The van der Waals surface area contributed by atoms with E-state index in [0.717, 1.165) is 50.6 Å². The number of hydrogen-bond acceptors (Lipinski definition) is 2. The summed E-state index contributed by atoms with van der Waals surface area (Å²) in [6.45, 7) is 1.64. The molecule has 0 saturated carbocycles. The molecule has 0 atom stereocenters. The SMILES string of the molecule is ClCC/C=C(/c1ccc(OCCOCc2ccccc2)cc1)c1ccc(-c2ccc(Cl)cc2)cc1. The number of alkyl halides is 1. The average molecular weight is 503 g/mol. The van der Waals surface area contributed by atoms with Crippen molar-refractivity contribution in [3.05, 3.63) is 131 Å². The Morgan fingerprint density at radius 1 is 0.686 bits per heavy atom. The van der Waals surface area contributed by atoms with Gasteiger partial charge in [0.15, 0.2) is 0 Å². The van der Waals surface area contributed by atoms with E-state index in [2.05, 4.69) is 54.6 Å². The quantitative estimate of drug-likeness (QED) is 0.151. The Balaban J connectivity index is 1.37. The summed E-state index contributed by atoms with van der Waals surface area (Å²) in [5, 5.41) is 0.740. The van der Waals surface area contributed by atoms with E-state index in [1.54, 1.807) is 0 Å². The predicted molar refractivity (Wildman–Crippen MR) is 147 cm³/mol. The third kappa shape index (κ3) is 7.47. The Morgan fingerprint density at radius 2 is 1.29 bits per heavy atom. The van der Waals surface area contributed by atoms with Crippen LogP contribution in [0.5, 0.6) is 5.75 Å². The lowest BCUT2D eigenvalue weighted by atomic mass is 9.95. The third-order valence-electron chi connectivity index (χ3n) is 5.60. The molecule has 4 aromatic rings. The first-order chi connectivity index (χ1) is 17.2. The molecular formula is C31H28Cl2O2. The van der Waals surface area contributed by atoms with E-state index in [-0.39, 0.29) is 0 Å². The van der Waals surface area contributed by atoms with Crippen molar-refractivity contribution in [2.45, 2.75) is 13.0 Å². The zero-order valence-corrected chi connectivity index (χ0v) is 21.0. The Kier molecular flexibility index (Phi) is 9.42. The van der Waals surface area contributed by atoms with Crippen molar-refractivity contribution in [3.8, 4) is 16.9 Å². The van der Waals surface area contributed by atoms with E-state index >= 15 is 0 Å². The lowest BCUT2D eigenvalue weighted by Crippen LogP contribution is -2.06. The molecule has 4 aromatic carbocycles. The van der Waals surface area contributed by atoms with Crippen molar-refractivity contribution in [1.29, 1.82) is 0 Å². The molecule has 0 bridgehead atoms. The van der Waals surface area contributed by atoms with Crippen LogP contribution in [0, 0.1) is 0 Å². The lowest BCUT2D eigenvalue weighted by molar-refractivity contribution is 0.0889. The molecule has 4 rings (SSSR count). The molecule has 0 heterocycles. The van der Waals surface area contributed by atoms with Crippen molar-refractivity contribution < 1.29 is 9.47 Å². The maximum absolute atomic E-state index is 6.03. The molecule has 0 fully saturated rings. The topological polar surface area (TPSA) is 18.5 Å². The molecule has 0 radical (unpaired) electrons. The number of benzene rings is 4. The molecule has 0 saturated heterocycles. The highest BCUT2D eigenvalue weighted by Gasteiger charge is 2.07. The molecular weight excluding hydrogens is 475 g/mol. The van der Waals surface area contributed by atoms with E-state index in [1.165, 1.54) is 0 Å². The Bertz CT molecular complexity index is 1200. The summed E-state index contributed by atoms with van der Waals surface area (Å²) in [6, 6.07) is 34.8. The van der Waals surface area contributed by atoms with Gasteiger partial charge in [-0.1, -0.05) is 96.5 Å². The molecule has 178 valence electrons. The van der Waals surface area contributed by atoms with Gasteiger partial charge in [0.2, 0.25) is 0 Å². The van der Waals surface area contributed by atoms with Crippen molar-refractivity contribution >= 4 is 28.8 Å². The van der Waals surface area contributed by atoms with Crippen LogP contribution in [-0.2, 0) is 11.3 Å². The van der Waals surface area contributed by atoms with E-state index in [0.29, 0.717) is 25.7 Å². The molecule has 0 unspecified atom stereocenters. The van der Waals surface area contributed by atoms with E-state index < -0.39 is 0 Å². The molecule has 35 heavy (non-hydrogen) atoms. The van der Waals surface area contributed by atoms with Crippen molar-refractivity contribution in [1.82, 2.24) is 0 Å². The fourth-order valence-electron chi connectivity index (χ4n) is 3.80. The van der Waals surface area contributed by atoms with Gasteiger partial charge in [0.05, 0.1) is 13.2 Å². The minimum absolute atomic E-state index is 0.507. The average Bonchev–Trinajstić information content (AvgIpc) is 2.91. The summed E-state index contributed by atoms with van der Waals surface area (Å²) in [6.07, 6.45) is 2.99. The van der Waals surface area contributed by atoms with Crippen LogP contribution in [-0.4, -0.2) is 19.1 Å². The predicted octanol–water partition coefficient (Wildman–Crippen LogP) is 8.66. The highest BCUT2D eigenvalue weighted by atomic mass is 35.5. The van der Waals surface area contributed by atoms with Crippen molar-refractivity contribution in [3.63, 3.8) is 0 Å². The smallest absolute Gasteiger partial charge is 0.119 e. The molecule has 0 amide bonds. The monoisotopic (exact) mass is 502 g/mol. The second-order valence-corrected chi connectivity index (χ2v) is 8.91. The molecule has 0 aliphatic carbocycles. The van der Waals surface area contributed by atoms with Crippen LogP contribution >= 0.6 is 23.2 Å². The lowest BCUT2D eigenvalue weighted by Gasteiger charge is -2.12. The Hall–Kier alpha value is -3.04. The first kappa shape index (κ1) is 25.1. The van der Waals surface area contributed by atoms with Gasteiger partial charge >= 0.3 is 0 Å². The number of allylic oxidation sites excluding steroid dienone is 1. The second-order valence-electron chi connectivity index (χ2n) is 8.09. The zero-order valence-electron chi connectivity index (χ0n) is 19.5. The molecule has 2 nitrogen and oxygen atoms in total. The molecule has 0 N–H and O–H groups in total. The van der Waals surface area contributed by atoms with Crippen LogP contribution < -0.4 is 4.74 Å². The van der Waals surface area contributed by atoms with Gasteiger partial charge in [-0.3, -0.25) is 0 Å². The van der Waals surface area contributed by atoms with Crippen LogP contribution in [0.25, 0.3) is 16.7 Å². The highest BCUT2D eigenvalue weighted by Crippen LogP contribution is 2.29. The van der Waals surface area contributed by atoms with Crippen LogP contribution in [0.3, 0.4) is 0 Å². The summed E-state index contributed by atoms with van der Waals surface area (Å²) in [5.74, 6) is 1.41. The van der Waals surface area contributed by atoms with Gasteiger partial charge in [-0.2, -0.15) is 0 Å². The third-order valence-corrected chi connectivity index (χ3v) is 6.07. The largest absolute Gasteiger partial charge is 0.491 e. The summed E-state index contributed by atoms with van der Waals surface area (Å²) in [5.41, 5.74) is 6.89. The minimum Gasteiger partial charge on any atom is -0.491 e. The second kappa shape index (κ2) is 13.2. The fourth-order valence-corrected chi connectivity index (χ4v) is 4.03. The fraction of sp³-hybridized carbons (Fsp3) is 0.161. The normalized spacial score (nSPS) is 11.4. The Labute approximate surface area is 217 Å². The summed E-state index contributed by atoms with van der Waals surface area (Å²) in [7, 11) is 0. The number of ether oxygens (including phenoxy) is 2. The van der Waals surface area contributed by atoms with Gasteiger partial charge < -0.3 is 9.47 Å². The molecule has 0 aromatic heterocycles. The van der Waals surface area contributed by atoms with Gasteiger partial charge in [-0.05, 0) is 64.1 Å². The molecule has 0 aliphatic rings. The summed E-state index contributed by atoms with van der Waals surface area (Å²) < 4.78 is 11.6. The first-order valence-electron chi connectivity index (χ1n) is 11.7. The minimum atomic E-state index is 0.507. The number of rotatable bonds is 11. The summed E-state index contributed by atoms with van der Waals surface area (Å²) in [4.78, 5) is 0.